The van der Waals surface area contributed by atoms with Gasteiger partial charge in [-0.05, 0) is 40.1 Å². The summed E-state index contributed by atoms with van der Waals surface area (Å²) in [6, 6.07) is 4.94. The zero-order valence-electron chi connectivity index (χ0n) is 12.2. The molecule has 23 heavy (non-hydrogen) atoms. The van der Waals surface area contributed by atoms with Gasteiger partial charge in [0.15, 0.2) is 0 Å². The number of piperazine rings is 1. The van der Waals surface area contributed by atoms with Crippen LogP contribution in [0.5, 0.6) is 0 Å². The molecular formula is C16H16F4N2S. The van der Waals surface area contributed by atoms with Crippen molar-refractivity contribution in [3.8, 4) is 0 Å². The Morgan fingerprint density at radius 3 is 2.43 bits per heavy atom. The maximum Gasteiger partial charge on any atom is 0.419 e. The fraction of sp³-hybridized carbons (Fsp3) is 0.375. The van der Waals surface area contributed by atoms with Gasteiger partial charge in [-0.2, -0.15) is 24.5 Å². The Bertz CT molecular complexity index is 649. The van der Waals surface area contributed by atoms with Gasteiger partial charge in [0.1, 0.15) is 5.82 Å². The highest BCUT2D eigenvalue weighted by atomic mass is 32.1. The van der Waals surface area contributed by atoms with Crippen LogP contribution in [0, 0.1) is 5.82 Å². The summed E-state index contributed by atoms with van der Waals surface area (Å²) in [5.74, 6) is -1.23. The van der Waals surface area contributed by atoms with Gasteiger partial charge in [-0.25, -0.2) is 4.39 Å². The highest BCUT2D eigenvalue weighted by Gasteiger charge is 2.35. The number of hydrogen-bond acceptors (Lipinski definition) is 3. The van der Waals surface area contributed by atoms with Crippen molar-refractivity contribution in [1.29, 1.82) is 0 Å². The predicted molar refractivity (Wildman–Crippen MR) is 82.0 cm³/mol. The molecule has 1 aliphatic rings. The first-order valence-corrected chi connectivity index (χ1v) is 8.24. The van der Waals surface area contributed by atoms with Crippen LogP contribution in [-0.2, 0) is 6.18 Å². The number of hydrogen-bond donors (Lipinski definition) is 1. The molecule has 0 saturated carbocycles. The standard InChI is InChI=1S/C16H16F4N2S/c17-14-2-1-11(9-13(14)16(18,19)20)15(12-3-8-23-10-12)22-6-4-21-5-7-22/h1-3,8-10,15,21H,4-7H2/t15-/m0/s1. The Balaban J connectivity index is 2.03. The Hall–Kier alpha value is -1.44. The second kappa shape index (κ2) is 6.59. The van der Waals surface area contributed by atoms with Crippen LogP contribution in [0.1, 0.15) is 22.7 Å². The van der Waals surface area contributed by atoms with Crippen molar-refractivity contribution in [3.05, 3.63) is 57.5 Å². The molecule has 1 aromatic carbocycles. The lowest BCUT2D eigenvalue weighted by Gasteiger charge is -2.35. The molecule has 0 aliphatic carbocycles. The maximum absolute atomic E-state index is 13.6. The van der Waals surface area contributed by atoms with Gasteiger partial charge >= 0.3 is 6.18 Å². The van der Waals surface area contributed by atoms with Crippen LogP contribution in [0.25, 0.3) is 0 Å². The quantitative estimate of drug-likeness (QED) is 0.850. The number of alkyl halides is 3. The smallest absolute Gasteiger partial charge is 0.314 e. The molecule has 1 saturated heterocycles. The third kappa shape index (κ3) is 3.57. The Morgan fingerprint density at radius 2 is 1.83 bits per heavy atom. The first kappa shape index (κ1) is 16.4. The zero-order valence-corrected chi connectivity index (χ0v) is 13.1. The molecular weight excluding hydrogens is 328 g/mol. The molecule has 1 atom stereocenters. The lowest BCUT2D eigenvalue weighted by atomic mass is 9.96. The van der Waals surface area contributed by atoms with Crippen LogP contribution in [0.2, 0.25) is 0 Å². The molecule has 0 bridgehead atoms. The molecule has 2 heterocycles. The van der Waals surface area contributed by atoms with Crippen LogP contribution >= 0.6 is 11.3 Å². The van der Waals surface area contributed by atoms with Crippen molar-refractivity contribution in [2.45, 2.75) is 12.2 Å². The summed E-state index contributed by atoms with van der Waals surface area (Å²) in [5.41, 5.74) is 0.209. The Morgan fingerprint density at radius 1 is 1.09 bits per heavy atom. The number of nitrogens with zero attached hydrogens (tertiary/aromatic N) is 1. The van der Waals surface area contributed by atoms with Gasteiger partial charge in [0.05, 0.1) is 11.6 Å². The summed E-state index contributed by atoms with van der Waals surface area (Å²) in [6.45, 7) is 3.04. The van der Waals surface area contributed by atoms with E-state index in [1.807, 2.05) is 16.8 Å². The first-order valence-electron chi connectivity index (χ1n) is 7.30. The average molecular weight is 344 g/mol. The van der Waals surface area contributed by atoms with Crippen molar-refractivity contribution in [2.24, 2.45) is 0 Å². The minimum atomic E-state index is -4.69. The molecule has 3 rings (SSSR count). The van der Waals surface area contributed by atoms with E-state index in [0.29, 0.717) is 5.56 Å². The summed E-state index contributed by atoms with van der Waals surface area (Å²) in [4.78, 5) is 2.13. The fourth-order valence-electron chi connectivity index (χ4n) is 2.92. The molecule has 7 heteroatoms. The lowest BCUT2D eigenvalue weighted by molar-refractivity contribution is -0.140. The van der Waals surface area contributed by atoms with E-state index in [0.717, 1.165) is 43.9 Å². The number of thiophene rings is 1. The van der Waals surface area contributed by atoms with Crippen LogP contribution in [0.3, 0.4) is 0 Å². The topological polar surface area (TPSA) is 15.3 Å². The van der Waals surface area contributed by atoms with E-state index in [9.17, 15) is 17.6 Å². The molecule has 1 aliphatic heterocycles. The van der Waals surface area contributed by atoms with E-state index in [1.54, 1.807) is 0 Å². The Kier molecular flexibility index (Phi) is 4.70. The maximum atomic E-state index is 13.6. The summed E-state index contributed by atoms with van der Waals surface area (Å²) in [5, 5.41) is 7.07. The van der Waals surface area contributed by atoms with Crippen molar-refractivity contribution < 1.29 is 17.6 Å². The molecule has 1 aromatic heterocycles. The van der Waals surface area contributed by atoms with Gasteiger partial charge in [-0.1, -0.05) is 6.07 Å². The summed E-state index contributed by atoms with van der Waals surface area (Å²) in [6.07, 6.45) is -4.69. The van der Waals surface area contributed by atoms with E-state index in [4.69, 9.17) is 0 Å². The highest BCUT2D eigenvalue weighted by molar-refractivity contribution is 7.08. The van der Waals surface area contributed by atoms with Gasteiger partial charge in [0.2, 0.25) is 0 Å². The third-order valence-electron chi connectivity index (χ3n) is 3.99. The molecule has 0 radical (unpaired) electrons. The molecule has 0 unspecified atom stereocenters. The predicted octanol–water partition coefficient (Wildman–Crippen LogP) is 3.90. The van der Waals surface area contributed by atoms with Gasteiger partial charge in [0, 0.05) is 26.2 Å². The second-order valence-corrected chi connectivity index (χ2v) is 6.26. The number of halogens is 4. The van der Waals surface area contributed by atoms with E-state index >= 15 is 0 Å². The van der Waals surface area contributed by atoms with Gasteiger partial charge in [-0.15, -0.1) is 0 Å². The van der Waals surface area contributed by atoms with E-state index in [1.165, 1.54) is 17.4 Å². The SMILES string of the molecule is Fc1ccc([C@@H](c2ccsc2)N2CCNCC2)cc1C(F)(F)F. The van der Waals surface area contributed by atoms with Gasteiger partial charge < -0.3 is 5.32 Å². The van der Waals surface area contributed by atoms with E-state index < -0.39 is 17.6 Å². The monoisotopic (exact) mass is 344 g/mol. The molecule has 124 valence electrons. The van der Waals surface area contributed by atoms with Crippen molar-refractivity contribution >= 4 is 11.3 Å². The molecule has 1 N–H and O–H groups in total. The normalized spacial score (nSPS) is 18.1. The van der Waals surface area contributed by atoms with Gasteiger partial charge in [-0.3, -0.25) is 4.90 Å². The largest absolute Gasteiger partial charge is 0.419 e. The molecule has 0 amide bonds. The van der Waals surface area contributed by atoms with Crippen LogP contribution < -0.4 is 5.32 Å². The minimum Gasteiger partial charge on any atom is -0.314 e. The number of nitrogens with one attached hydrogen (secondary N) is 1. The second-order valence-electron chi connectivity index (χ2n) is 5.48. The van der Waals surface area contributed by atoms with Crippen molar-refractivity contribution in [1.82, 2.24) is 10.2 Å². The highest BCUT2D eigenvalue weighted by Crippen LogP contribution is 2.36. The van der Waals surface area contributed by atoms with E-state index in [-0.39, 0.29) is 6.04 Å². The number of rotatable bonds is 3. The molecule has 2 nitrogen and oxygen atoms in total. The zero-order chi connectivity index (χ0) is 16.4. The molecule has 1 fully saturated rings. The minimum absolute atomic E-state index is 0.287. The summed E-state index contributed by atoms with van der Waals surface area (Å²) < 4.78 is 52.6. The molecule has 0 spiro atoms. The van der Waals surface area contributed by atoms with Crippen LogP contribution in [0.15, 0.2) is 35.0 Å². The average Bonchev–Trinajstić information content (AvgIpc) is 3.03. The van der Waals surface area contributed by atoms with E-state index in [2.05, 4.69) is 10.2 Å². The lowest BCUT2D eigenvalue weighted by Crippen LogP contribution is -2.45. The molecule has 2 aromatic rings. The van der Waals surface area contributed by atoms with Gasteiger partial charge in [0.25, 0.3) is 0 Å². The first-order chi connectivity index (χ1) is 11.0. The van der Waals surface area contributed by atoms with Crippen molar-refractivity contribution in [2.75, 3.05) is 26.2 Å². The third-order valence-corrected chi connectivity index (χ3v) is 4.69. The summed E-state index contributed by atoms with van der Waals surface area (Å²) in [7, 11) is 0. The number of benzene rings is 1. The Labute approximate surface area is 135 Å². The van der Waals surface area contributed by atoms with Crippen LogP contribution in [0.4, 0.5) is 17.6 Å². The van der Waals surface area contributed by atoms with Crippen molar-refractivity contribution in [3.63, 3.8) is 0 Å². The fourth-order valence-corrected chi connectivity index (χ4v) is 3.59. The van der Waals surface area contributed by atoms with Crippen LogP contribution in [-0.4, -0.2) is 31.1 Å². The summed E-state index contributed by atoms with van der Waals surface area (Å²) >= 11 is 1.50.